The van der Waals surface area contributed by atoms with Crippen LogP contribution in [0.2, 0.25) is 5.02 Å². The number of nitrogens with one attached hydrogen (secondary N) is 2. The average Bonchev–Trinajstić information content (AvgIpc) is 3.45. The summed E-state index contributed by atoms with van der Waals surface area (Å²) in [5.74, 6) is -1.65. The van der Waals surface area contributed by atoms with Crippen LogP contribution in [0.4, 0.5) is 16.5 Å². The summed E-state index contributed by atoms with van der Waals surface area (Å²) < 4.78 is 0. The van der Waals surface area contributed by atoms with Gasteiger partial charge in [0.2, 0.25) is 0 Å². The minimum Gasteiger partial charge on any atom is -0.350 e. The summed E-state index contributed by atoms with van der Waals surface area (Å²) in [6.07, 6.45) is 0. The summed E-state index contributed by atoms with van der Waals surface area (Å²) in [5, 5.41) is 8.19. The van der Waals surface area contributed by atoms with Crippen LogP contribution in [-0.4, -0.2) is 22.7 Å². The SMILES string of the molecule is Cc1c(Cl)cccc1N1C(=O)C(Cl)=C(Nc2cccc(C(=O)Nc3nc(-c4ccccc4)cs3)c2)C1=O. The molecule has 37 heavy (non-hydrogen) atoms. The molecule has 3 amide bonds. The molecule has 2 heterocycles. The van der Waals surface area contributed by atoms with Crippen molar-refractivity contribution in [2.45, 2.75) is 6.92 Å². The van der Waals surface area contributed by atoms with E-state index < -0.39 is 11.8 Å². The molecule has 5 rings (SSSR count). The number of aromatic nitrogens is 1. The molecule has 0 saturated heterocycles. The van der Waals surface area contributed by atoms with E-state index in [1.54, 1.807) is 49.4 Å². The second-order valence-corrected chi connectivity index (χ2v) is 9.73. The number of imide groups is 1. The second kappa shape index (κ2) is 10.2. The standard InChI is InChI=1S/C27H18Cl2N4O3S/c1-15-19(28)11-6-12-21(15)33-25(35)22(29)23(26(33)36)30-18-10-5-9-17(13-18)24(34)32-27-31-20(14-37-27)16-7-3-2-4-8-16/h2-14,30H,1H3,(H,31,32,34). The number of amides is 3. The first-order valence-electron chi connectivity index (χ1n) is 11.1. The molecule has 0 spiro atoms. The molecule has 184 valence electrons. The fraction of sp³-hybridized carbons (Fsp3) is 0.0370. The number of carbonyl (C=O) groups excluding carboxylic acids is 3. The Morgan fingerprint density at radius 1 is 0.946 bits per heavy atom. The molecule has 7 nitrogen and oxygen atoms in total. The molecule has 0 unspecified atom stereocenters. The number of carbonyl (C=O) groups is 3. The van der Waals surface area contributed by atoms with Crippen molar-refractivity contribution >= 4 is 68.8 Å². The third-order valence-corrected chi connectivity index (χ3v) is 7.21. The van der Waals surface area contributed by atoms with Crippen LogP contribution in [-0.2, 0) is 9.59 Å². The monoisotopic (exact) mass is 548 g/mol. The van der Waals surface area contributed by atoms with E-state index in [4.69, 9.17) is 23.2 Å². The summed E-state index contributed by atoms with van der Waals surface area (Å²) in [6.45, 7) is 1.71. The average molecular weight is 549 g/mol. The Hall–Kier alpha value is -3.98. The maximum Gasteiger partial charge on any atom is 0.283 e. The topological polar surface area (TPSA) is 91.4 Å². The van der Waals surface area contributed by atoms with Gasteiger partial charge in [0, 0.05) is 27.2 Å². The van der Waals surface area contributed by atoms with Crippen LogP contribution in [0.5, 0.6) is 0 Å². The number of benzene rings is 3. The van der Waals surface area contributed by atoms with Gasteiger partial charge < -0.3 is 5.32 Å². The highest BCUT2D eigenvalue weighted by Crippen LogP contribution is 2.34. The minimum absolute atomic E-state index is 0.0870. The lowest BCUT2D eigenvalue weighted by molar-refractivity contribution is -0.120. The molecule has 0 aliphatic carbocycles. The van der Waals surface area contributed by atoms with Crippen LogP contribution in [0, 0.1) is 6.92 Å². The molecule has 1 aliphatic rings. The fourth-order valence-electron chi connectivity index (χ4n) is 3.79. The van der Waals surface area contributed by atoms with Crippen molar-refractivity contribution in [3.05, 3.63) is 105 Å². The van der Waals surface area contributed by atoms with E-state index in [0.29, 0.717) is 32.7 Å². The Kier molecular flexibility index (Phi) is 6.80. The second-order valence-electron chi connectivity index (χ2n) is 8.08. The number of nitrogens with zero attached hydrogens (tertiary/aromatic N) is 2. The predicted octanol–water partition coefficient (Wildman–Crippen LogP) is 6.46. The van der Waals surface area contributed by atoms with Gasteiger partial charge >= 0.3 is 0 Å². The molecule has 0 atom stereocenters. The van der Waals surface area contributed by atoms with E-state index in [0.717, 1.165) is 16.2 Å². The normalized spacial score (nSPS) is 13.3. The Morgan fingerprint density at radius 2 is 1.70 bits per heavy atom. The zero-order valence-corrected chi connectivity index (χ0v) is 21.6. The zero-order valence-electron chi connectivity index (χ0n) is 19.3. The quantitative estimate of drug-likeness (QED) is 0.270. The zero-order chi connectivity index (χ0) is 26.1. The summed E-state index contributed by atoms with van der Waals surface area (Å²) in [6, 6.07) is 21.1. The van der Waals surface area contributed by atoms with Crippen LogP contribution in [0.1, 0.15) is 15.9 Å². The molecule has 2 N–H and O–H groups in total. The van der Waals surface area contributed by atoms with Gasteiger partial charge in [0.05, 0.1) is 11.4 Å². The molecule has 0 fully saturated rings. The van der Waals surface area contributed by atoms with E-state index in [1.807, 2.05) is 35.7 Å². The molecular weight excluding hydrogens is 531 g/mol. The first-order chi connectivity index (χ1) is 17.8. The molecule has 3 aromatic carbocycles. The smallest absolute Gasteiger partial charge is 0.283 e. The van der Waals surface area contributed by atoms with Gasteiger partial charge in [-0.1, -0.05) is 65.7 Å². The Labute approximate surface area is 226 Å². The maximum absolute atomic E-state index is 13.1. The summed E-state index contributed by atoms with van der Waals surface area (Å²) in [4.78, 5) is 44.3. The molecule has 1 aliphatic heterocycles. The number of hydrogen-bond donors (Lipinski definition) is 2. The summed E-state index contributed by atoms with van der Waals surface area (Å²) >= 11 is 13.8. The van der Waals surface area contributed by atoms with E-state index in [-0.39, 0.29) is 16.6 Å². The number of rotatable bonds is 6. The van der Waals surface area contributed by atoms with Crippen molar-refractivity contribution in [2.24, 2.45) is 0 Å². The third kappa shape index (κ3) is 4.86. The highest BCUT2D eigenvalue weighted by Gasteiger charge is 2.39. The number of anilines is 3. The Bertz CT molecular complexity index is 1580. The van der Waals surface area contributed by atoms with Gasteiger partial charge in [0.1, 0.15) is 10.7 Å². The van der Waals surface area contributed by atoms with Crippen molar-refractivity contribution in [3.8, 4) is 11.3 Å². The first-order valence-corrected chi connectivity index (χ1v) is 12.7. The lowest BCUT2D eigenvalue weighted by atomic mass is 10.1. The van der Waals surface area contributed by atoms with E-state index in [9.17, 15) is 14.4 Å². The van der Waals surface area contributed by atoms with Crippen molar-refractivity contribution in [3.63, 3.8) is 0 Å². The summed E-state index contributed by atoms with van der Waals surface area (Å²) in [7, 11) is 0. The van der Waals surface area contributed by atoms with Gasteiger partial charge in [-0.2, -0.15) is 0 Å². The fourth-order valence-corrected chi connectivity index (χ4v) is 4.89. The predicted molar refractivity (Wildman–Crippen MR) is 147 cm³/mol. The van der Waals surface area contributed by atoms with E-state index >= 15 is 0 Å². The van der Waals surface area contributed by atoms with Crippen molar-refractivity contribution in [1.29, 1.82) is 0 Å². The van der Waals surface area contributed by atoms with Crippen LogP contribution in [0.15, 0.2) is 88.9 Å². The van der Waals surface area contributed by atoms with Crippen molar-refractivity contribution in [1.82, 2.24) is 4.98 Å². The molecule has 0 bridgehead atoms. The number of hydrogen-bond acceptors (Lipinski definition) is 6. The van der Waals surface area contributed by atoms with Gasteiger partial charge in [-0.25, -0.2) is 9.88 Å². The minimum atomic E-state index is -0.661. The Balaban J connectivity index is 1.33. The first kappa shape index (κ1) is 24.7. The molecule has 10 heteroatoms. The lowest BCUT2D eigenvalue weighted by Gasteiger charge is -2.18. The number of thiazole rings is 1. The largest absolute Gasteiger partial charge is 0.350 e. The highest BCUT2D eigenvalue weighted by molar-refractivity contribution is 7.14. The van der Waals surface area contributed by atoms with E-state index in [2.05, 4.69) is 15.6 Å². The van der Waals surface area contributed by atoms with Crippen LogP contribution in [0.3, 0.4) is 0 Å². The molecular formula is C27H18Cl2N4O3S. The van der Waals surface area contributed by atoms with Gasteiger partial charge in [-0.15, -0.1) is 11.3 Å². The molecule has 0 radical (unpaired) electrons. The highest BCUT2D eigenvalue weighted by atomic mass is 35.5. The lowest BCUT2D eigenvalue weighted by Crippen LogP contribution is -2.32. The van der Waals surface area contributed by atoms with Crippen LogP contribution in [0.25, 0.3) is 11.3 Å². The van der Waals surface area contributed by atoms with Gasteiger partial charge in [0.15, 0.2) is 5.13 Å². The van der Waals surface area contributed by atoms with Gasteiger partial charge in [-0.3, -0.25) is 19.7 Å². The van der Waals surface area contributed by atoms with Crippen LogP contribution < -0.4 is 15.5 Å². The van der Waals surface area contributed by atoms with E-state index in [1.165, 1.54) is 11.3 Å². The van der Waals surface area contributed by atoms with Crippen LogP contribution >= 0.6 is 34.5 Å². The van der Waals surface area contributed by atoms with Crippen molar-refractivity contribution < 1.29 is 14.4 Å². The molecule has 4 aromatic rings. The Morgan fingerprint density at radius 3 is 2.49 bits per heavy atom. The molecule has 0 saturated carbocycles. The van der Waals surface area contributed by atoms with Gasteiger partial charge in [-0.05, 0) is 42.8 Å². The number of halogens is 2. The van der Waals surface area contributed by atoms with Crippen molar-refractivity contribution in [2.75, 3.05) is 15.5 Å². The summed E-state index contributed by atoms with van der Waals surface area (Å²) in [5.41, 5.74) is 3.30. The van der Waals surface area contributed by atoms with Gasteiger partial charge in [0.25, 0.3) is 17.7 Å². The maximum atomic E-state index is 13.1. The molecule has 1 aromatic heterocycles. The third-order valence-electron chi connectivity index (χ3n) is 5.70.